The lowest BCUT2D eigenvalue weighted by atomic mass is 9.65. The van der Waals surface area contributed by atoms with Crippen LogP contribution < -0.4 is 10.6 Å². The molecule has 2 heterocycles. The fourth-order valence-electron chi connectivity index (χ4n) is 6.13. The van der Waals surface area contributed by atoms with E-state index in [0.717, 1.165) is 0 Å². The summed E-state index contributed by atoms with van der Waals surface area (Å²) in [5, 5.41) is 46.6. The number of piperidine rings is 1. The molecular weight excluding hydrogens is 336 g/mol. The van der Waals surface area contributed by atoms with E-state index in [1.165, 1.54) is 51.4 Å². The summed E-state index contributed by atoms with van der Waals surface area (Å²) in [4.78, 5) is 0. The van der Waals surface area contributed by atoms with Crippen LogP contribution in [0.3, 0.4) is 0 Å². The summed E-state index contributed by atoms with van der Waals surface area (Å²) in [6, 6.07) is 0.761. The lowest BCUT2D eigenvalue weighted by Crippen LogP contribution is -3.02. The van der Waals surface area contributed by atoms with Crippen LogP contribution >= 0.6 is 0 Å². The molecule has 2 aliphatic heterocycles. The predicted molar refractivity (Wildman–Crippen MR) is 94.1 cm³/mol. The van der Waals surface area contributed by atoms with Gasteiger partial charge in [-0.2, -0.15) is 0 Å². The minimum Gasteiger partial charge on any atom is -0.394 e. The van der Waals surface area contributed by atoms with Gasteiger partial charge in [-0.3, -0.25) is 0 Å². The molecular formula is C19H35N2O5+. The highest BCUT2D eigenvalue weighted by atomic mass is 16.6. The van der Waals surface area contributed by atoms with Crippen LogP contribution in [0.25, 0.3) is 0 Å². The first-order valence-corrected chi connectivity index (χ1v) is 10.5. The smallest absolute Gasteiger partial charge is 0.173 e. The fraction of sp³-hybridized carbons (Fsp3) is 1.00. The van der Waals surface area contributed by atoms with E-state index in [2.05, 4.69) is 10.6 Å². The average Bonchev–Trinajstić information content (AvgIpc) is 2.67. The molecule has 7 nitrogen and oxygen atoms in total. The van der Waals surface area contributed by atoms with Crippen LogP contribution in [0.5, 0.6) is 0 Å². The Balaban J connectivity index is 1.53. The molecule has 0 aromatic carbocycles. The van der Waals surface area contributed by atoms with Gasteiger partial charge in [0.05, 0.1) is 24.7 Å². The van der Waals surface area contributed by atoms with Crippen molar-refractivity contribution in [1.82, 2.24) is 5.32 Å². The lowest BCUT2D eigenvalue weighted by molar-refractivity contribution is -0.749. The number of aliphatic hydroxyl groups excluding tert-OH is 4. The summed E-state index contributed by atoms with van der Waals surface area (Å²) in [7, 11) is 0. The average molecular weight is 371 g/mol. The molecule has 2 saturated carbocycles. The first kappa shape index (κ1) is 19.1. The topological polar surface area (TPSA) is 119 Å². The van der Waals surface area contributed by atoms with Gasteiger partial charge < -0.3 is 35.8 Å². The van der Waals surface area contributed by atoms with Gasteiger partial charge in [-0.25, -0.2) is 0 Å². The molecule has 4 unspecified atom stereocenters. The van der Waals surface area contributed by atoms with Crippen LogP contribution in [0.2, 0.25) is 0 Å². The van der Waals surface area contributed by atoms with Crippen molar-refractivity contribution in [1.29, 1.82) is 0 Å². The van der Waals surface area contributed by atoms with E-state index < -0.39 is 37.3 Å². The molecule has 0 radical (unpaired) electrons. The van der Waals surface area contributed by atoms with Crippen LogP contribution in [-0.4, -0.2) is 75.8 Å². The third-order valence-corrected chi connectivity index (χ3v) is 7.45. The minimum atomic E-state index is -1.22. The van der Waals surface area contributed by atoms with Crippen LogP contribution in [0.1, 0.15) is 51.4 Å². The number of nitrogens with two attached hydrogens (primary N) is 1. The summed E-state index contributed by atoms with van der Waals surface area (Å²) in [6.45, 7) is -0.421. The standard InChI is InChI=1S/C19H34N2O5/c22-9-14-17(23)18(24)16(19(25)26-14)21-15-10-5-1-3-7-12(10)20-13-8-4-2-6-11(13)15/h10-25H,1-9H2/p+1/t10?,11?,12?,13?,14-,15?,16-,17+,18-,19-/m0/s1. The molecule has 0 amide bonds. The molecule has 2 aliphatic carbocycles. The zero-order valence-corrected chi connectivity index (χ0v) is 15.4. The van der Waals surface area contributed by atoms with Gasteiger partial charge in [0.15, 0.2) is 6.29 Å². The molecule has 9 atom stereocenters. The number of hydrogen-bond donors (Lipinski definition) is 6. The van der Waals surface area contributed by atoms with E-state index in [9.17, 15) is 20.4 Å². The van der Waals surface area contributed by atoms with Crippen LogP contribution in [0, 0.1) is 11.8 Å². The summed E-state index contributed by atoms with van der Waals surface area (Å²) >= 11 is 0. The molecule has 0 spiro atoms. The molecule has 4 aliphatic rings. The van der Waals surface area contributed by atoms with Gasteiger partial charge in [-0.1, -0.05) is 12.8 Å². The highest BCUT2D eigenvalue weighted by Gasteiger charge is 2.52. The summed E-state index contributed by atoms with van der Waals surface area (Å²) in [5.74, 6) is 1.07. The summed E-state index contributed by atoms with van der Waals surface area (Å²) < 4.78 is 5.37. The number of nitrogens with one attached hydrogen (secondary N) is 1. The van der Waals surface area contributed by atoms with Crippen molar-refractivity contribution < 1.29 is 30.5 Å². The van der Waals surface area contributed by atoms with E-state index in [1.54, 1.807) is 0 Å². The van der Waals surface area contributed by atoms with Gasteiger partial charge in [0.2, 0.25) is 0 Å². The molecule has 7 heteroatoms. The van der Waals surface area contributed by atoms with E-state index in [0.29, 0.717) is 23.9 Å². The van der Waals surface area contributed by atoms with Crippen molar-refractivity contribution in [2.75, 3.05) is 6.61 Å². The minimum absolute atomic E-state index is 0.242. The van der Waals surface area contributed by atoms with E-state index in [-0.39, 0.29) is 6.04 Å². The third kappa shape index (κ3) is 3.43. The third-order valence-electron chi connectivity index (χ3n) is 7.45. The zero-order chi connectivity index (χ0) is 18.3. The second-order valence-electron chi connectivity index (χ2n) is 8.86. The maximum absolute atomic E-state index is 10.6. The molecule has 4 fully saturated rings. The largest absolute Gasteiger partial charge is 0.394 e. The number of hydrogen-bond acceptors (Lipinski definition) is 6. The second kappa shape index (κ2) is 7.99. The first-order valence-electron chi connectivity index (χ1n) is 10.5. The number of fused-ring (bicyclic) bond motifs is 2. The first-order chi connectivity index (χ1) is 12.6. The Kier molecular flexibility index (Phi) is 5.86. The van der Waals surface area contributed by atoms with E-state index in [1.807, 2.05) is 0 Å². The Labute approximate surface area is 155 Å². The van der Waals surface area contributed by atoms with Crippen LogP contribution in [0.15, 0.2) is 0 Å². The Morgan fingerprint density at radius 1 is 0.808 bits per heavy atom. The van der Waals surface area contributed by atoms with Crippen molar-refractivity contribution in [3.8, 4) is 0 Å². The summed E-state index contributed by atoms with van der Waals surface area (Å²) in [6.07, 6.45) is 5.41. The van der Waals surface area contributed by atoms with E-state index in [4.69, 9.17) is 4.74 Å². The summed E-state index contributed by atoms with van der Waals surface area (Å²) in [5.41, 5.74) is 0. The zero-order valence-electron chi connectivity index (χ0n) is 15.4. The molecule has 26 heavy (non-hydrogen) atoms. The molecule has 0 aromatic heterocycles. The highest BCUT2D eigenvalue weighted by molar-refractivity contribution is 5.01. The normalized spacial score (nSPS) is 52.2. The van der Waals surface area contributed by atoms with Gasteiger partial charge in [0.25, 0.3) is 0 Å². The van der Waals surface area contributed by atoms with Crippen molar-refractivity contribution in [2.45, 2.75) is 100 Å². The van der Waals surface area contributed by atoms with Crippen molar-refractivity contribution in [2.24, 2.45) is 11.8 Å². The Bertz CT molecular complexity index is 459. The second-order valence-corrected chi connectivity index (χ2v) is 8.86. The maximum atomic E-state index is 10.6. The molecule has 4 rings (SSSR count). The fourth-order valence-corrected chi connectivity index (χ4v) is 6.13. The molecule has 150 valence electrons. The quantitative estimate of drug-likeness (QED) is 0.357. The van der Waals surface area contributed by atoms with Gasteiger partial charge >= 0.3 is 0 Å². The van der Waals surface area contributed by atoms with Gasteiger partial charge in [-0.05, 0) is 38.5 Å². The Morgan fingerprint density at radius 3 is 1.96 bits per heavy atom. The number of aliphatic hydroxyl groups is 4. The monoisotopic (exact) mass is 371 g/mol. The maximum Gasteiger partial charge on any atom is 0.173 e. The highest BCUT2D eigenvalue weighted by Crippen LogP contribution is 2.38. The number of rotatable bonds is 3. The van der Waals surface area contributed by atoms with Gasteiger partial charge in [0.1, 0.15) is 18.3 Å². The molecule has 2 saturated heterocycles. The van der Waals surface area contributed by atoms with Crippen molar-refractivity contribution in [3.63, 3.8) is 0 Å². The molecule has 0 aromatic rings. The Morgan fingerprint density at radius 2 is 1.38 bits per heavy atom. The Hall–Kier alpha value is -0.280. The van der Waals surface area contributed by atoms with E-state index >= 15 is 0 Å². The van der Waals surface area contributed by atoms with Gasteiger partial charge in [-0.15, -0.1) is 0 Å². The lowest BCUT2D eigenvalue weighted by Gasteiger charge is -2.52. The molecule has 0 bridgehead atoms. The number of quaternary nitrogens is 1. The number of ether oxygens (including phenoxy) is 1. The molecule has 7 N–H and O–H groups in total. The van der Waals surface area contributed by atoms with Crippen molar-refractivity contribution >= 4 is 0 Å². The van der Waals surface area contributed by atoms with Crippen LogP contribution in [-0.2, 0) is 4.74 Å². The van der Waals surface area contributed by atoms with Crippen LogP contribution in [0.4, 0.5) is 0 Å². The predicted octanol–water partition coefficient (Wildman–Crippen LogP) is -1.56. The van der Waals surface area contributed by atoms with Gasteiger partial charge in [0, 0.05) is 17.9 Å². The SMILES string of the molecule is OC[C@@H]1O[C@H](O)[C@@H](NC2C3CCCCC3[NH2+]C3CCCCC32)[C@H](O)[C@@H]1O. The van der Waals surface area contributed by atoms with Crippen molar-refractivity contribution in [3.05, 3.63) is 0 Å².